The maximum atomic E-state index is 10.8. The van der Waals surface area contributed by atoms with E-state index in [4.69, 9.17) is 0 Å². The Kier molecular flexibility index (Phi) is 3.33. The fourth-order valence-corrected chi connectivity index (χ4v) is 2.20. The van der Waals surface area contributed by atoms with Crippen molar-refractivity contribution in [3.8, 4) is 0 Å². The standard InChI is InChI=1S/C14H16O/c15-11-14-8-4-7-13(14)10-9-12-5-2-1-3-6-12/h1-3,5-6,11H,4,7-10H2. The van der Waals surface area contributed by atoms with Gasteiger partial charge in [0.05, 0.1) is 0 Å². The molecule has 0 radical (unpaired) electrons. The van der Waals surface area contributed by atoms with Crippen LogP contribution >= 0.6 is 0 Å². The predicted octanol–water partition coefficient (Wildman–Crippen LogP) is 3.30. The van der Waals surface area contributed by atoms with E-state index in [1.54, 1.807) is 0 Å². The smallest absolute Gasteiger partial charge is 0.145 e. The van der Waals surface area contributed by atoms with Crippen molar-refractivity contribution in [2.45, 2.75) is 32.1 Å². The molecule has 0 aromatic heterocycles. The lowest BCUT2D eigenvalue weighted by Crippen LogP contribution is -1.90. The number of hydrogen-bond acceptors (Lipinski definition) is 1. The zero-order valence-electron chi connectivity index (χ0n) is 8.91. The molecule has 0 N–H and O–H groups in total. The number of aldehydes is 1. The Morgan fingerprint density at radius 3 is 2.60 bits per heavy atom. The molecule has 0 bridgehead atoms. The summed E-state index contributed by atoms with van der Waals surface area (Å²) in [6.45, 7) is 0. The van der Waals surface area contributed by atoms with Crippen molar-refractivity contribution < 1.29 is 4.79 Å². The molecule has 1 aliphatic carbocycles. The topological polar surface area (TPSA) is 17.1 Å². The Bertz CT molecular complexity index is 362. The maximum absolute atomic E-state index is 10.8. The molecule has 0 unspecified atom stereocenters. The molecule has 1 aliphatic rings. The summed E-state index contributed by atoms with van der Waals surface area (Å²) in [5.41, 5.74) is 3.81. The van der Waals surface area contributed by atoms with Crippen LogP contribution in [0.4, 0.5) is 0 Å². The predicted molar refractivity (Wildman–Crippen MR) is 61.7 cm³/mol. The van der Waals surface area contributed by atoms with Crippen LogP contribution in [-0.4, -0.2) is 6.29 Å². The van der Waals surface area contributed by atoms with Crippen molar-refractivity contribution in [1.29, 1.82) is 0 Å². The second-order valence-electron chi connectivity index (χ2n) is 4.09. The highest BCUT2D eigenvalue weighted by atomic mass is 16.1. The van der Waals surface area contributed by atoms with E-state index >= 15 is 0 Å². The Labute approximate surface area is 90.8 Å². The molecule has 0 heterocycles. The minimum Gasteiger partial charge on any atom is -0.298 e. The van der Waals surface area contributed by atoms with Crippen LogP contribution in [0, 0.1) is 0 Å². The highest BCUT2D eigenvalue weighted by Gasteiger charge is 2.13. The van der Waals surface area contributed by atoms with Gasteiger partial charge in [-0.25, -0.2) is 0 Å². The molecule has 1 nitrogen and oxygen atoms in total. The van der Waals surface area contributed by atoms with Crippen molar-refractivity contribution in [3.63, 3.8) is 0 Å². The third-order valence-electron chi connectivity index (χ3n) is 3.08. The molecule has 0 spiro atoms. The van der Waals surface area contributed by atoms with Gasteiger partial charge in [-0.05, 0) is 43.2 Å². The van der Waals surface area contributed by atoms with E-state index in [1.165, 1.54) is 11.1 Å². The van der Waals surface area contributed by atoms with Gasteiger partial charge >= 0.3 is 0 Å². The first-order valence-electron chi connectivity index (χ1n) is 5.60. The van der Waals surface area contributed by atoms with Crippen LogP contribution in [0.1, 0.15) is 31.2 Å². The Hall–Kier alpha value is -1.37. The highest BCUT2D eigenvalue weighted by Crippen LogP contribution is 2.27. The van der Waals surface area contributed by atoms with Gasteiger partial charge in [-0.2, -0.15) is 0 Å². The Morgan fingerprint density at radius 2 is 1.87 bits per heavy atom. The molecule has 0 amide bonds. The summed E-state index contributed by atoms with van der Waals surface area (Å²) < 4.78 is 0. The maximum Gasteiger partial charge on any atom is 0.145 e. The van der Waals surface area contributed by atoms with Gasteiger partial charge in [-0.3, -0.25) is 4.79 Å². The first kappa shape index (κ1) is 10.2. The second kappa shape index (κ2) is 4.92. The first-order valence-corrected chi connectivity index (χ1v) is 5.60. The molecule has 2 rings (SSSR count). The number of allylic oxidation sites excluding steroid dienone is 2. The van der Waals surface area contributed by atoms with Gasteiger partial charge in [0.15, 0.2) is 0 Å². The van der Waals surface area contributed by atoms with E-state index in [2.05, 4.69) is 24.3 Å². The molecule has 0 aliphatic heterocycles. The second-order valence-corrected chi connectivity index (χ2v) is 4.09. The molecular formula is C14H16O. The monoisotopic (exact) mass is 200 g/mol. The van der Waals surface area contributed by atoms with E-state index in [0.29, 0.717) is 0 Å². The third kappa shape index (κ3) is 2.56. The normalized spacial score (nSPS) is 15.7. The summed E-state index contributed by atoms with van der Waals surface area (Å²) in [6.07, 6.45) is 6.45. The van der Waals surface area contributed by atoms with Crippen LogP contribution in [-0.2, 0) is 11.2 Å². The summed E-state index contributed by atoms with van der Waals surface area (Å²) in [5, 5.41) is 0. The number of hydrogen-bond donors (Lipinski definition) is 0. The minimum absolute atomic E-state index is 0.994. The van der Waals surface area contributed by atoms with Gasteiger partial charge in [-0.1, -0.05) is 35.9 Å². The van der Waals surface area contributed by atoms with Crippen molar-refractivity contribution in [2.75, 3.05) is 0 Å². The van der Waals surface area contributed by atoms with Crippen molar-refractivity contribution in [3.05, 3.63) is 47.0 Å². The van der Waals surface area contributed by atoms with E-state index < -0.39 is 0 Å². The summed E-state index contributed by atoms with van der Waals surface area (Å²) in [4.78, 5) is 10.8. The number of carbonyl (C=O) groups excluding carboxylic acids is 1. The average molecular weight is 200 g/mol. The summed E-state index contributed by atoms with van der Waals surface area (Å²) >= 11 is 0. The van der Waals surface area contributed by atoms with Crippen LogP contribution < -0.4 is 0 Å². The molecule has 1 aromatic rings. The summed E-state index contributed by atoms with van der Waals surface area (Å²) in [6, 6.07) is 10.5. The lowest BCUT2D eigenvalue weighted by Gasteiger charge is -2.03. The van der Waals surface area contributed by atoms with E-state index in [0.717, 1.165) is 44.0 Å². The molecule has 0 fully saturated rings. The van der Waals surface area contributed by atoms with Crippen LogP contribution in [0.25, 0.3) is 0 Å². The first-order chi connectivity index (χ1) is 7.40. The van der Waals surface area contributed by atoms with Crippen LogP contribution in [0.2, 0.25) is 0 Å². The summed E-state index contributed by atoms with van der Waals surface area (Å²) in [7, 11) is 0. The molecule has 0 atom stereocenters. The SMILES string of the molecule is O=CC1=C(CCc2ccccc2)CCC1. The fourth-order valence-electron chi connectivity index (χ4n) is 2.20. The molecule has 1 heteroatoms. The quantitative estimate of drug-likeness (QED) is 0.681. The molecule has 0 saturated heterocycles. The molecule has 0 saturated carbocycles. The Morgan fingerprint density at radius 1 is 1.07 bits per heavy atom. The van der Waals surface area contributed by atoms with Gasteiger partial charge in [0.1, 0.15) is 6.29 Å². The number of carbonyl (C=O) groups is 1. The average Bonchev–Trinajstić information content (AvgIpc) is 2.75. The van der Waals surface area contributed by atoms with Crippen molar-refractivity contribution in [2.24, 2.45) is 0 Å². The van der Waals surface area contributed by atoms with E-state index in [9.17, 15) is 4.79 Å². The van der Waals surface area contributed by atoms with Crippen LogP contribution in [0.5, 0.6) is 0 Å². The largest absolute Gasteiger partial charge is 0.298 e. The molecule has 15 heavy (non-hydrogen) atoms. The summed E-state index contributed by atoms with van der Waals surface area (Å²) in [5.74, 6) is 0. The zero-order chi connectivity index (χ0) is 10.5. The minimum atomic E-state index is 0.994. The van der Waals surface area contributed by atoms with Gasteiger partial charge in [0, 0.05) is 0 Å². The van der Waals surface area contributed by atoms with E-state index in [1.807, 2.05) is 6.07 Å². The van der Waals surface area contributed by atoms with Crippen molar-refractivity contribution >= 4 is 6.29 Å². The highest BCUT2D eigenvalue weighted by molar-refractivity contribution is 5.75. The third-order valence-corrected chi connectivity index (χ3v) is 3.08. The van der Waals surface area contributed by atoms with Gasteiger partial charge in [0.25, 0.3) is 0 Å². The lowest BCUT2D eigenvalue weighted by atomic mass is 10.0. The number of rotatable bonds is 4. The molecule has 78 valence electrons. The Balaban J connectivity index is 1.96. The zero-order valence-corrected chi connectivity index (χ0v) is 8.91. The lowest BCUT2D eigenvalue weighted by molar-refractivity contribution is -0.105. The van der Waals surface area contributed by atoms with Gasteiger partial charge < -0.3 is 0 Å². The fraction of sp³-hybridized carbons (Fsp3) is 0.357. The molecular weight excluding hydrogens is 184 g/mol. The van der Waals surface area contributed by atoms with Gasteiger partial charge in [0.2, 0.25) is 0 Å². The van der Waals surface area contributed by atoms with Gasteiger partial charge in [-0.15, -0.1) is 0 Å². The number of aryl methyl sites for hydroxylation is 1. The number of benzene rings is 1. The van der Waals surface area contributed by atoms with Crippen LogP contribution in [0.3, 0.4) is 0 Å². The molecule has 1 aromatic carbocycles. The van der Waals surface area contributed by atoms with Crippen LogP contribution in [0.15, 0.2) is 41.5 Å². The van der Waals surface area contributed by atoms with Crippen molar-refractivity contribution in [1.82, 2.24) is 0 Å². The van der Waals surface area contributed by atoms with E-state index in [-0.39, 0.29) is 0 Å².